The molecule has 0 atom stereocenters. The first kappa shape index (κ1) is 24.9. The largest absolute Gasteiger partial charge is 0.494 e. The zero-order valence-electron chi connectivity index (χ0n) is 19.3. The summed E-state index contributed by atoms with van der Waals surface area (Å²) in [5.74, 6) is -0.227. The molecule has 7 nitrogen and oxygen atoms in total. The van der Waals surface area contributed by atoms with E-state index in [1.165, 1.54) is 11.0 Å². The van der Waals surface area contributed by atoms with Gasteiger partial charge in [0.05, 0.1) is 12.2 Å². The zero-order valence-corrected chi connectivity index (χ0v) is 19.3. The maximum atomic E-state index is 13.5. The highest BCUT2D eigenvalue weighted by molar-refractivity contribution is 6.15. The Morgan fingerprint density at radius 2 is 1.85 bits per heavy atom. The molecule has 182 valence electrons. The quantitative estimate of drug-likeness (QED) is 0.643. The third-order valence-electron chi connectivity index (χ3n) is 5.50. The molecule has 1 aromatic rings. The van der Waals surface area contributed by atoms with Crippen molar-refractivity contribution in [1.29, 1.82) is 0 Å². The third-order valence-corrected chi connectivity index (χ3v) is 5.50. The summed E-state index contributed by atoms with van der Waals surface area (Å²) >= 11 is 0. The molecule has 2 heterocycles. The Labute approximate surface area is 191 Å². The zero-order chi connectivity index (χ0) is 24.4. The van der Waals surface area contributed by atoms with Gasteiger partial charge >= 0.3 is 12.3 Å². The summed E-state index contributed by atoms with van der Waals surface area (Å²) in [4.78, 5) is 31.1. The van der Waals surface area contributed by atoms with E-state index in [2.05, 4.69) is 10.3 Å². The number of hydrogen-bond donors (Lipinski definition) is 1. The van der Waals surface area contributed by atoms with Gasteiger partial charge in [-0.15, -0.1) is 0 Å². The number of nitrogens with one attached hydrogen (secondary N) is 1. The molecule has 0 bridgehead atoms. The Morgan fingerprint density at radius 3 is 2.42 bits per heavy atom. The standard InChI is InChI=1S/C23H30F3N3O4/c1-5-6-11-32-17-13-15(12-16(14-17)23(24,25)26)18-27-19(30)22(28-18)7-9-29(10-8-22)20(31)33-21(2,3)4/h12-14H,5-11H2,1-4H3,(H,27,28,30). The average Bonchev–Trinajstić information content (AvgIpc) is 3.02. The molecule has 10 heteroatoms. The molecule has 0 radical (unpaired) electrons. The van der Waals surface area contributed by atoms with E-state index in [4.69, 9.17) is 9.47 Å². The Kier molecular flexibility index (Phi) is 6.95. The second-order valence-electron chi connectivity index (χ2n) is 9.36. The molecule has 2 aliphatic rings. The smallest absolute Gasteiger partial charge is 0.416 e. The van der Waals surface area contributed by atoms with Crippen molar-refractivity contribution < 1.29 is 32.2 Å². The number of hydrogen-bond acceptors (Lipinski definition) is 5. The van der Waals surface area contributed by atoms with E-state index < -0.39 is 29.0 Å². The number of rotatable bonds is 5. The maximum Gasteiger partial charge on any atom is 0.416 e. The van der Waals surface area contributed by atoms with Gasteiger partial charge < -0.3 is 19.7 Å². The Hall–Kier alpha value is -2.78. The van der Waals surface area contributed by atoms with Gasteiger partial charge in [0.2, 0.25) is 0 Å². The van der Waals surface area contributed by atoms with Crippen LogP contribution in [0.3, 0.4) is 0 Å². The highest BCUT2D eigenvalue weighted by atomic mass is 19.4. The van der Waals surface area contributed by atoms with Crippen LogP contribution in [0, 0.1) is 0 Å². The number of unbranched alkanes of at least 4 members (excludes halogenated alkanes) is 1. The molecule has 0 saturated carbocycles. The number of piperidine rings is 1. The van der Waals surface area contributed by atoms with E-state index >= 15 is 0 Å². The molecule has 3 rings (SSSR count). The highest BCUT2D eigenvalue weighted by Crippen LogP contribution is 2.35. The van der Waals surface area contributed by atoms with Gasteiger partial charge in [0.25, 0.3) is 5.91 Å². The van der Waals surface area contributed by atoms with Crippen LogP contribution in [-0.2, 0) is 15.7 Å². The predicted octanol–water partition coefficient (Wildman–Crippen LogP) is 4.53. The number of ether oxygens (including phenoxy) is 2. The lowest BCUT2D eigenvalue weighted by Crippen LogP contribution is -2.51. The number of amides is 2. The van der Waals surface area contributed by atoms with Crippen LogP contribution in [0.5, 0.6) is 5.75 Å². The van der Waals surface area contributed by atoms with Crippen LogP contribution in [0.1, 0.15) is 64.5 Å². The van der Waals surface area contributed by atoms with E-state index in [9.17, 15) is 22.8 Å². The van der Waals surface area contributed by atoms with E-state index in [0.29, 0.717) is 13.0 Å². The van der Waals surface area contributed by atoms with Crippen molar-refractivity contribution in [2.45, 2.75) is 70.7 Å². The van der Waals surface area contributed by atoms with Crippen molar-refractivity contribution in [3.8, 4) is 5.75 Å². The van der Waals surface area contributed by atoms with Gasteiger partial charge in [-0.3, -0.25) is 9.79 Å². The Balaban J connectivity index is 1.81. The highest BCUT2D eigenvalue weighted by Gasteiger charge is 2.47. The first-order valence-electron chi connectivity index (χ1n) is 11.1. The van der Waals surface area contributed by atoms with Gasteiger partial charge in [-0.2, -0.15) is 13.2 Å². The van der Waals surface area contributed by atoms with E-state index in [1.54, 1.807) is 20.8 Å². The van der Waals surface area contributed by atoms with Gasteiger partial charge in [-0.05, 0) is 58.2 Å². The number of carbonyl (C=O) groups is 2. The molecule has 0 aliphatic carbocycles. The number of nitrogens with zero attached hydrogens (tertiary/aromatic N) is 2. The summed E-state index contributed by atoms with van der Waals surface area (Å²) in [6, 6.07) is 3.37. The summed E-state index contributed by atoms with van der Waals surface area (Å²) < 4.78 is 51.2. The maximum absolute atomic E-state index is 13.5. The summed E-state index contributed by atoms with van der Waals surface area (Å²) in [5, 5.41) is 2.64. The minimum Gasteiger partial charge on any atom is -0.494 e. The first-order chi connectivity index (χ1) is 15.3. The molecule has 2 amide bonds. The van der Waals surface area contributed by atoms with Crippen molar-refractivity contribution in [2.75, 3.05) is 19.7 Å². The summed E-state index contributed by atoms with van der Waals surface area (Å²) in [6.45, 7) is 8.07. The third kappa shape index (κ3) is 5.97. The molecule has 1 fully saturated rings. The number of benzene rings is 1. The SMILES string of the molecule is CCCCOc1cc(C2=NC3(CCN(C(=O)OC(C)(C)C)CC3)C(=O)N2)cc(C(F)(F)F)c1. The molecule has 33 heavy (non-hydrogen) atoms. The Morgan fingerprint density at radius 1 is 1.18 bits per heavy atom. The predicted molar refractivity (Wildman–Crippen MR) is 116 cm³/mol. The van der Waals surface area contributed by atoms with Crippen molar-refractivity contribution in [3.05, 3.63) is 29.3 Å². The van der Waals surface area contributed by atoms with Crippen molar-refractivity contribution in [1.82, 2.24) is 10.2 Å². The summed E-state index contributed by atoms with van der Waals surface area (Å²) in [6.07, 6.45) is -2.98. The second-order valence-corrected chi connectivity index (χ2v) is 9.36. The molecular formula is C23H30F3N3O4. The van der Waals surface area contributed by atoms with Crippen LogP contribution in [0.4, 0.5) is 18.0 Å². The van der Waals surface area contributed by atoms with Crippen molar-refractivity contribution in [2.24, 2.45) is 4.99 Å². The van der Waals surface area contributed by atoms with Gasteiger partial charge in [0.1, 0.15) is 22.7 Å². The number of halogens is 3. The average molecular weight is 470 g/mol. The van der Waals surface area contributed by atoms with Crippen LogP contribution in [0.15, 0.2) is 23.2 Å². The van der Waals surface area contributed by atoms with Gasteiger partial charge in [0.15, 0.2) is 0 Å². The molecule has 2 aliphatic heterocycles. The lowest BCUT2D eigenvalue weighted by atomic mass is 9.88. The normalized spacial score (nSPS) is 18.2. The van der Waals surface area contributed by atoms with Gasteiger partial charge in [-0.1, -0.05) is 13.3 Å². The first-order valence-corrected chi connectivity index (χ1v) is 11.1. The topological polar surface area (TPSA) is 80.2 Å². The number of aliphatic imine (C=N–C) groups is 1. The van der Waals surface area contributed by atoms with E-state index in [-0.39, 0.29) is 49.0 Å². The van der Waals surface area contributed by atoms with E-state index in [0.717, 1.165) is 18.6 Å². The fourth-order valence-corrected chi connectivity index (χ4v) is 3.70. The van der Waals surface area contributed by atoms with Crippen LogP contribution >= 0.6 is 0 Å². The molecule has 1 spiro atoms. The minimum absolute atomic E-state index is 0.0749. The number of amidine groups is 1. The number of likely N-dealkylation sites (tertiary alicyclic amines) is 1. The fraction of sp³-hybridized carbons (Fsp3) is 0.609. The lowest BCUT2D eigenvalue weighted by Gasteiger charge is -2.36. The monoisotopic (exact) mass is 469 g/mol. The van der Waals surface area contributed by atoms with Gasteiger partial charge in [0, 0.05) is 18.7 Å². The minimum atomic E-state index is -4.57. The van der Waals surface area contributed by atoms with Crippen LogP contribution in [0.25, 0.3) is 0 Å². The number of alkyl halides is 3. The molecule has 0 unspecified atom stereocenters. The number of carbonyl (C=O) groups excluding carboxylic acids is 2. The van der Waals surface area contributed by atoms with Crippen LogP contribution in [0.2, 0.25) is 0 Å². The molecule has 0 aromatic heterocycles. The fourth-order valence-electron chi connectivity index (χ4n) is 3.70. The molecule has 1 N–H and O–H groups in total. The Bertz CT molecular complexity index is 930. The molecule has 1 aromatic carbocycles. The van der Waals surface area contributed by atoms with E-state index in [1.807, 2.05) is 6.92 Å². The van der Waals surface area contributed by atoms with Crippen molar-refractivity contribution >= 4 is 17.8 Å². The van der Waals surface area contributed by atoms with Crippen molar-refractivity contribution in [3.63, 3.8) is 0 Å². The van der Waals surface area contributed by atoms with Gasteiger partial charge in [-0.25, -0.2) is 4.79 Å². The summed E-state index contributed by atoms with van der Waals surface area (Å²) in [5.41, 5.74) is -2.49. The molecule has 1 saturated heterocycles. The van der Waals surface area contributed by atoms with Crippen LogP contribution < -0.4 is 10.1 Å². The van der Waals surface area contributed by atoms with Crippen LogP contribution in [-0.4, -0.2) is 53.6 Å². The lowest BCUT2D eigenvalue weighted by molar-refractivity contribution is -0.137. The molecular weight excluding hydrogens is 439 g/mol. The summed E-state index contributed by atoms with van der Waals surface area (Å²) in [7, 11) is 0. The second kappa shape index (κ2) is 9.23.